The van der Waals surface area contributed by atoms with E-state index in [4.69, 9.17) is 0 Å². The largest absolute Gasteiger partial charge is 0.368 e. The van der Waals surface area contributed by atoms with E-state index in [1.165, 1.54) is 0 Å². The Kier molecular flexibility index (Phi) is 5.57. The van der Waals surface area contributed by atoms with E-state index >= 15 is 0 Å². The molecule has 2 aromatic rings. The van der Waals surface area contributed by atoms with Crippen molar-refractivity contribution in [2.24, 2.45) is 11.8 Å². The number of amides is 1. The number of hydrogen-bond acceptors (Lipinski definition) is 7. The van der Waals surface area contributed by atoms with Crippen molar-refractivity contribution in [3.8, 4) is 6.07 Å². The summed E-state index contributed by atoms with van der Waals surface area (Å²) in [7, 11) is 0. The van der Waals surface area contributed by atoms with E-state index in [-0.39, 0.29) is 36.0 Å². The maximum atomic E-state index is 12.8. The van der Waals surface area contributed by atoms with E-state index in [9.17, 15) is 10.1 Å². The predicted octanol–water partition coefficient (Wildman–Crippen LogP) is 1.47. The molecule has 1 saturated carbocycles. The van der Waals surface area contributed by atoms with Crippen LogP contribution in [-0.4, -0.2) is 50.7 Å². The molecule has 1 aliphatic carbocycles. The summed E-state index contributed by atoms with van der Waals surface area (Å²) in [6.07, 6.45) is 8.21. The van der Waals surface area contributed by atoms with Crippen LogP contribution in [0.15, 0.2) is 36.7 Å². The highest BCUT2D eigenvalue weighted by atomic mass is 16.2. The topological polar surface area (TPSA) is 111 Å². The number of piperidine rings is 1. The fraction of sp³-hybridized carbons (Fsp3) is 0.545. The molecule has 3 N–H and O–H groups in total. The molecular weight excluding hydrogens is 392 g/mol. The third kappa shape index (κ3) is 4.01. The van der Waals surface area contributed by atoms with Gasteiger partial charge in [-0.15, -0.1) is 0 Å². The zero-order valence-electron chi connectivity index (χ0n) is 17.4. The van der Waals surface area contributed by atoms with Crippen molar-refractivity contribution >= 4 is 11.6 Å². The van der Waals surface area contributed by atoms with E-state index < -0.39 is 0 Å². The highest BCUT2D eigenvalue weighted by Gasteiger charge is 2.51. The summed E-state index contributed by atoms with van der Waals surface area (Å²) < 4.78 is 0. The fourth-order valence-corrected chi connectivity index (χ4v) is 5.27. The average molecular weight is 421 g/mol. The molecule has 5 rings (SSSR count). The summed E-state index contributed by atoms with van der Waals surface area (Å²) in [6, 6.07) is 10.9. The Balaban J connectivity index is 1.32. The van der Waals surface area contributed by atoms with Crippen LogP contribution in [0.5, 0.6) is 0 Å². The molecule has 2 aliphatic heterocycles. The molecule has 3 fully saturated rings. The lowest BCUT2D eigenvalue weighted by Gasteiger charge is -2.39. The number of benzene rings is 1. The van der Waals surface area contributed by atoms with Gasteiger partial charge in [0.1, 0.15) is 6.17 Å². The number of nitrogens with zero attached hydrogens (tertiary/aromatic N) is 5. The molecule has 162 valence electrons. The van der Waals surface area contributed by atoms with Gasteiger partial charge in [0.05, 0.1) is 36.8 Å². The number of carbonyl (C=O) groups excluding carboxylic acids is 1. The molecule has 3 heterocycles. The van der Waals surface area contributed by atoms with E-state index in [0.29, 0.717) is 13.1 Å². The first-order chi connectivity index (χ1) is 15.2. The Bertz CT molecular complexity index is 937. The number of hydrazine groups is 1. The Morgan fingerprint density at radius 3 is 2.65 bits per heavy atom. The molecule has 0 bridgehead atoms. The van der Waals surface area contributed by atoms with Crippen LogP contribution in [0.25, 0.3) is 0 Å². The van der Waals surface area contributed by atoms with E-state index in [0.717, 1.165) is 43.4 Å². The van der Waals surface area contributed by atoms with Crippen molar-refractivity contribution in [3.63, 3.8) is 0 Å². The van der Waals surface area contributed by atoms with Crippen molar-refractivity contribution in [3.05, 3.63) is 42.2 Å². The van der Waals surface area contributed by atoms with Crippen LogP contribution in [0.2, 0.25) is 0 Å². The predicted molar refractivity (Wildman–Crippen MR) is 114 cm³/mol. The van der Waals surface area contributed by atoms with Gasteiger partial charge in [-0.3, -0.25) is 4.79 Å². The molecule has 1 aromatic carbocycles. The lowest BCUT2D eigenvalue weighted by atomic mass is 9.83. The minimum atomic E-state index is -0.204. The van der Waals surface area contributed by atoms with Crippen molar-refractivity contribution in [1.82, 2.24) is 30.7 Å². The van der Waals surface area contributed by atoms with Gasteiger partial charge < -0.3 is 10.6 Å². The van der Waals surface area contributed by atoms with Gasteiger partial charge in [-0.25, -0.2) is 10.4 Å². The fourth-order valence-electron chi connectivity index (χ4n) is 5.27. The molecule has 1 aromatic heterocycles. The molecule has 0 radical (unpaired) electrons. The summed E-state index contributed by atoms with van der Waals surface area (Å²) in [6.45, 7) is 1.30. The first kappa shape index (κ1) is 20.0. The number of carbonyl (C=O) groups is 1. The Hall–Kier alpha value is -2.96. The molecule has 3 unspecified atom stereocenters. The maximum absolute atomic E-state index is 12.8. The molecule has 2 saturated heterocycles. The molecule has 3 aliphatic rings. The quantitative estimate of drug-likeness (QED) is 0.672. The van der Waals surface area contributed by atoms with Crippen molar-refractivity contribution < 1.29 is 4.79 Å². The summed E-state index contributed by atoms with van der Waals surface area (Å²) in [5.74, 6) is -0.0989. The Labute approximate surface area is 181 Å². The zero-order valence-corrected chi connectivity index (χ0v) is 17.4. The van der Waals surface area contributed by atoms with Gasteiger partial charge in [-0.1, -0.05) is 25.0 Å². The highest BCUT2D eigenvalue weighted by molar-refractivity contribution is 5.82. The third-order valence-corrected chi connectivity index (χ3v) is 6.78. The molecule has 31 heavy (non-hydrogen) atoms. The monoisotopic (exact) mass is 420 g/mol. The third-order valence-electron chi connectivity index (χ3n) is 6.78. The molecule has 1 amide bonds. The summed E-state index contributed by atoms with van der Waals surface area (Å²) in [5, 5.41) is 26.8. The lowest BCUT2D eigenvalue weighted by Crippen LogP contribution is -2.54. The molecular formula is C22H28N8O. The van der Waals surface area contributed by atoms with E-state index in [2.05, 4.69) is 37.3 Å². The van der Waals surface area contributed by atoms with Gasteiger partial charge in [-0.2, -0.15) is 20.3 Å². The Morgan fingerprint density at radius 2 is 1.87 bits per heavy atom. The summed E-state index contributed by atoms with van der Waals surface area (Å²) in [4.78, 5) is 14.4. The first-order valence-electron chi connectivity index (χ1n) is 11.1. The van der Waals surface area contributed by atoms with Crippen LogP contribution < -0.4 is 16.1 Å². The van der Waals surface area contributed by atoms with Gasteiger partial charge in [0, 0.05) is 24.3 Å². The number of hydrogen-bond donors (Lipinski definition) is 3. The number of rotatable bonds is 5. The SMILES string of the molecule is N#C[C@H]1CCCC[C@@H]1N1NC(Nc2ccc(Cn3nccn3)cc2)C2C(=O)NCCC21. The van der Waals surface area contributed by atoms with Crippen LogP contribution in [0.3, 0.4) is 0 Å². The summed E-state index contributed by atoms with van der Waals surface area (Å²) in [5.41, 5.74) is 5.64. The molecule has 0 spiro atoms. The smallest absolute Gasteiger partial charge is 0.228 e. The normalized spacial score (nSPS) is 30.9. The minimum Gasteiger partial charge on any atom is -0.368 e. The van der Waals surface area contributed by atoms with Crippen LogP contribution in [-0.2, 0) is 11.3 Å². The summed E-state index contributed by atoms with van der Waals surface area (Å²) >= 11 is 0. The van der Waals surface area contributed by atoms with Crippen molar-refractivity contribution in [1.29, 1.82) is 5.26 Å². The van der Waals surface area contributed by atoms with Crippen LogP contribution in [0, 0.1) is 23.2 Å². The first-order valence-corrected chi connectivity index (χ1v) is 11.1. The van der Waals surface area contributed by atoms with Gasteiger partial charge >= 0.3 is 0 Å². The number of anilines is 1. The second kappa shape index (κ2) is 8.65. The highest BCUT2D eigenvalue weighted by Crippen LogP contribution is 2.36. The average Bonchev–Trinajstić information content (AvgIpc) is 3.44. The lowest BCUT2D eigenvalue weighted by molar-refractivity contribution is -0.128. The van der Waals surface area contributed by atoms with Gasteiger partial charge in [0.2, 0.25) is 5.91 Å². The van der Waals surface area contributed by atoms with Crippen molar-refractivity contribution in [2.45, 2.75) is 56.9 Å². The second-order valence-electron chi connectivity index (χ2n) is 8.68. The molecule has 5 atom stereocenters. The molecule has 9 heteroatoms. The van der Waals surface area contributed by atoms with E-state index in [1.54, 1.807) is 17.2 Å². The van der Waals surface area contributed by atoms with Gasteiger partial charge in [-0.05, 0) is 37.0 Å². The number of aromatic nitrogens is 3. The number of nitriles is 1. The molecule has 9 nitrogen and oxygen atoms in total. The maximum Gasteiger partial charge on any atom is 0.228 e. The van der Waals surface area contributed by atoms with Crippen LogP contribution in [0.4, 0.5) is 5.69 Å². The zero-order chi connectivity index (χ0) is 21.2. The minimum absolute atomic E-state index is 0.0147. The van der Waals surface area contributed by atoms with E-state index in [1.807, 2.05) is 24.3 Å². The number of fused-ring (bicyclic) bond motifs is 1. The van der Waals surface area contributed by atoms with Gasteiger partial charge in [0.15, 0.2) is 0 Å². The van der Waals surface area contributed by atoms with Crippen LogP contribution in [0.1, 0.15) is 37.7 Å². The number of nitrogens with one attached hydrogen (secondary N) is 3. The van der Waals surface area contributed by atoms with Crippen molar-refractivity contribution in [2.75, 3.05) is 11.9 Å². The standard InChI is InChI=1S/C22H28N8O/c23-13-16-3-1-2-4-18(16)30-19-9-10-24-22(31)20(19)21(28-30)27-17-7-5-15(6-8-17)14-29-25-11-12-26-29/h5-8,11-12,16,18-21,27-28H,1-4,9-10,14H2,(H,24,31)/t16-,18+,19?,20?,21?/m1/s1. The van der Waals surface area contributed by atoms with Crippen LogP contribution >= 0.6 is 0 Å². The Morgan fingerprint density at radius 1 is 1.10 bits per heavy atom. The second-order valence-corrected chi connectivity index (χ2v) is 8.68. The van der Waals surface area contributed by atoms with Gasteiger partial charge in [0.25, 0.3) is 0 Å².